The number of nitrogens with one attached hydrogen (secondary N) is 2. The molecule has 0 spiro atoms. The van der Waals surface area contributed by atoms with Gasteiger partial charge in [-0.3, -0.25) is 4.79 Å². The van der Waals surface area contributed by atoms with Crippen molar-refractivity contribution in [3.8, 4) is 0 Å². The molecule has 1 saturated carbocycles. The molecule has 1 aliphatic carbocycles. The van der Waals surface area contributed by atoms with Crippen LogP contribution in [0.4, 0.5) is 5.69 Å². The predicted molar refractivity (Wildman–Crippen MR) is 116 cm³/mol. The molecule has 0 saturated heterocycles. The van der Waals surface area contributed by atoms with Crippen LogP contribution in [0.5, 0.6) is 0 Å². The number of hydrogen-bond acceptors (Lipinski definition) is 4. The standard InChI is InChI=1S/C21H24ClN3O3S/c1-15(24-25-29(27,28)20-13-9-18(22)10-14-20)16-7-11-19(12-8-16)23-21(26)17-5-3-2-4-6-17/h7-14,17,25H,2-6H2,1H3,(H,23,26). The highest BCUT2D eigenvalue weighted by atomic mass is 35.5. The molecular weight excluding hydrogens is 410 g/mol. The zero-order valence-corrected chi connectivity index (χ0v) is 17.8. The van der Waals surface area contributed by atoms with Crippen LogP contribution >= 0.6 is 11.6 Å². The Morgan fingerprint density at radius 2 is 1.62 bits per heavy atom. The number of carbonyl (C=O) groups excluding carboxylic acids is 1. The second-order valence-corrected chi connectivity index (χ2v) is 9.24. The van der Waals surface area contributed by atoms with Crippen molar-refractivity contribution in [1.82, 2.24) is 4.83 Å². The highest BCUT2D eigenvalue weighted by Gasteiger charge is 2.21. The summed E-state index contributed by atoms with van der Waals surface area (Å²) in [5.41, 5.74) is 1.98. The maximum Gasteiger partial charge on any atom is 0.276 e. The van der Waals surface area contributed by atoms with Gasteiger partial charge in [0.25, 0.3) is 10.0 Å². The maximum absolute atomic E-state index is 12.3. The topological polar surface area (TPSA) is 87.6 Å². The molecule has 0 atom stereocenters. The Balaban J connectivity index is 1.62. The average molecular weight is 434 g/mol. The Hall–Kier alpha value is -2.38. The monoisotopic (exact) mass is 433 g/mol. The number of hydrogen-bond donors (Lipinski definition) is 2. The summed E-state index contributed by atoms with van der Waals surface area (Å²) in [6.07, 6.45) is 5.32. The van der Waals surface area contributed by atoms with Crippen LogP contribution in [0.15, 0.2) is 58.5 Å². The van der Waals surface area contributed by atoms with E-state index in [4.69, 9.17) is 11.6 Å². The van der Waals surface area contributed by atoms with Crippen molar-refractivity contribution in [3.05, 3.63) is 59.1 Å². The number of anilines is 1. The normalized spacial score (nSPS) is 15.7. The van der Waals surface area contributed by atoms with Crippen LogP contribution in [0.1, 0.15) is 44.6 Å². The quantitative estimate of drug-likeness (QED) is 0.517. The van der Waals surface area contributed by atoms with Crippen molar-refractivity contribution < 1.29 is 13.2 Å². The first-order chi connectivity index (χ1) is 13.8. The van der Waals surface area contributed by atoms with Gasteiger partial charge in [-0.2, -0.15) is 18.4 Å². The Morgan fingerprint density at radius 3 is 2.24 bits per heavy atom. The molecule has 0 bridgehead atoms. The SMILES string of the molecule is CC(=NNS(=O)(=O)c1ccc(Cl)cc1)c1ccc(NC(=O)C2CCCCC2)cc1. The van der Waals surface area contributed by atoms with Gasteiger partial charge in [-0.15, -0.1) is 0 Å². The number of hydrazone groups is 1. The lowest BCUT2D eigenvalue weighted by Crippen LogP contribution is -2.24. The molecule has 3 rings (SSSR count). The van der Waals surface area contributed by atoms with Crippen molar-refractivity contribution in [3.63, 3.8) is 0 Å². The van der Waals surface area contributed by atoms with Crippen LogP contribution in [0.3, 0.4) is 0 Å². The summed E-state index contributed by atoms with van der Waals surface area (Å²) in [4.78, 5) is 14.6. The third-order valence-electron chi connectivity index (χ3n) is 5.00. The van der Waals surface area contributed by atoms with E-state index in [1.807, 2.05) is 0 Å². The van der Waals surface area contributed by atoms with Crippen molar-refractivity contribution in [1.29, 1.82) is 0 Å². The first-order valence-electron chi connectivity index (χ1n) is 9.58. The average Bonchev–Trinajstić information content (AvgIpc) is 2.73. The van der Waals surface area contributed by atoms with Crippen molar-refractivity contribution >= 4 is 38.9 Å². The first-order valence-corrected chi connectivity index (χ1v) is 11.4. The fourth-order valence-electron chi connectivity index (χ4n) is 3.26. The molecule has 2 aromatic rings. The minimum atomic E-state index is -3.77. The molecule has 2 N–H and O–H groups in total. The van der Waals surface area contributed by atoms with E-state index in [0.29, 0.717) is 10.7 Å². The number of sulfonamides is 1. The third-order valence-corrected chi connectivity index (χ3v) is 6.48. The third kappa shape index (κ3) is 5.81. The Bertz CT molecular complexity index is 981. The van der Waals surface area contributed by atoms with Crippen LogP contribution in [0.25, 0.3) is 0 Å². The zero-order chi connectivity index (χ0) is 20.9. The van der Waals surface area contributed by atoms with E-state index in [1.165, 1.54) is 30.7 Å². The van der Waals surface area contributed by atoms with E-state index in [9.17, 15) is 13.2 Å². The van der Waals surface area contributed by atoms with E-state index < -0.39 is 10.0 Å². The lowest BCUT2D eigenvalue weighted by atomic mass is 9.88. The van der Waals surface area contributed by atoms with E-state index in [0.717, 1.165) is 36.9 Å². The lowest BCUT2D eigenvalue weighted by Gasteiger charge is -2.20. The van der Waals surface area contributed by atoms with Gasteiger partial charge in [0.15, 0.2) is 0 Å². The summed E-state index contributed by atoms with van der Waals surface area (Å²) in [6, 6.07) is 13.0. The fourth-order valence-corrected chi connectivity index (χ4v) is 4.25. The van der Waals surface area contributed by atoms with Gasteiger partial charge >= 0.3 is 0 Å². The summed E-state index contributed by atoms with van der Waals surface area (Å²) in [5, 5.41) is 7.40. The highest BCUT2D eigenvalue weighted by molar-refractivity contribution is 7.89. The van der Waals surface area contributed by atoms with Crippen LogP contribution in [-0.2, 0) is 14.8 Å². The maximum atomic E-state index is 12.3. The number of benzene rings is 2. The molecule has 0 heterocycles. The van der Waals surface area contributed by atoms with E-state index >= 15 is 0 Å². The molecule has 29 heavy (non-hydrogen) atoms. The number of halogens is 1. The second-order valence-electron chi connectivity index (χ2n) is 7.15. The van der Waals surface area contributed by atoms with Gasteiger partial charge in [0.05, 0.1) is 10.6 Å². The minimum Gasteiger partial charge on any atom is -0.326 e. The van der Waals surface area contributed by atoms with Crippen LogP contribution < -0.4 is 10.1 Å². The molecule has 2 aromatic carbocycles. The van der Waals surface area contributed by atoms with Crippen molar-refractivity contribution in [2.45, 2.75) is 43.9 Å². The molecule has 1 amide bonds. The van der Waals surface area contributed by atoms with Gasteiger partial charge in [0.2, 0.25) is 5.91 Å². The molecule has 154 valence electrons. The minimum absolute atomic E-state index is 0.0681. The van der Waals surface area contributed by atoms with Crippen LogP contribution in [-0.4, -0.2) is 20.0 Å². The molecule has 8 heteroatoms. The number of amides is 1. The van der Waals surface area contributed by atoms with E-state index in [1.54, 1.807) is 31.2 Å². The van der Waals surface area contributed by atoms with Gasteiger partial charge in [-0.25, -0.2) is 0 Å². The molecule has 0 unspecified atom stereocenters. The smallest absolute Gasteiger partial charge is 0.276 e. The molecular formula is C21H24ClN3O3S. The Morgan fingerprint density at radius 1 is 1.00 bits per heavy atom. The molecule has 1 fully saturated rings. The van der Waals surface area contributed by atoms with Gasteiger partial charge in [0, 0.05) is 16.6 Å². The highest BCUT2D eigenvalue weighted by Crippen LogP contribution is 2.25. The summed E-state index contributed by atoms with van der Waals surface area (Å²) in [5.74, 6) is 0.160. The molecule has 0 aromatic heterocycles. The number of nitrogens with zero attached hydrogens (tertiary/aromatic N) is 1. The summed E-state index contributed by atoms with van der Waals surface area (Å²) in [7, 11) is -3.77. The lowest BCUT2D eigenvalue weighted by molar-refractivity contribution is -0.120. The number of rotatable bonds is 6. The molecule has 0 radical (unpaired) electrons. The van der Waals surface area contributed by atoms with Gasteiger partial charge in [-0.05, 0) is 61.7 Å². The predicted octanol–water partition coefficient (Wildman–Crippen LogP) is 4.56. The Kier molecular flexibility index (Phi) is 6.92. The van der Waals surface area contributed by atoms with Crippen LogP contribution in [0, 0.1) is 5.92 Å². The van der Waals surface area contributed by atoms with E-state index in [-0.39, 0.29) is 16.7 Å². The summed E-state index contributed by atoms with van der Waals surface area (Å²) < 4.78 is 24.6. The van der Waals surface area contributed by atoms with E-state index in [2.05, 4.69) is 15.2 Å². The molecule has 1 aliphatic rings. The van der Waals surface area contributed by atoms with Gasteiger partial charge < -0.3 is 5.32 Å². The summed E-state index contributed by atoms with van der Waals surface area (Å²) >= 11 is 5.79. The van der Waals surface area contributed by atoms with Crippen molar-refractivity contribution in [2.75, 3.05) is 5.32 Å². The van der Waals surface area contributed by atoms with Gasteiger partial charge in [0.1, 0.15) is 0 Å². The van der Waals surface area contributed by atoms with Gasteiger partial charge in [-0.1, -0.05) is 43.0 Å². The van der Waals surface area contributed by atoms with Crippen LogP contribution in [0.2, 0.25) is 5.02 Å². The zero-order valence-electron chi connectivity index (χ0n) is 16.2. The summed E-state index contributed by atoms with van der Waals surface area (Å²) in [6.45, 7) is 1.71. The second kappa shape index (κ2) is 9.41. The Labute approximate surface area is 176 Å². The molecule has 6 nitrogen and oxygen atoms in total. The first kappa shape index (κ1) is 21.3. The van der Waals surface area contributed by atoms with Crippen molar-refractivity contribution in [2.24, 2.45) is 11.0 Å². The molecule has 0 aliphatic heterocycles. The largest absolute Gasteiger partial charge is 0.326 e. The number of carbonyl (C=O) groups is 1. The fraction of sp³-hybridized carbons (Fsp3) is 0.333.